The number of allylic oxidation sites excluding steroid dienone is 2. The topological polar surface area (TPSA) is 17.1 Å². The zero-order chi connectivity index (χ0) is 6.97. The summed E-state index contributed by atoms with van der Waals surface area (Å²) < 4.78 is 0. The molecule has 1 saturated carbocycles. The van der Waals surface area contributed by atoms with Crippen LogP contribution in [0, 0.1) is 11.8 Å². The van der Waals surface area contributed by atoms with Crippen molar-refractivity contribution in [3.63, 3.8) is 0 Å². The van der Waals surface area contributed by atoms with Crippen LogP contribution in [-0.2, 0) is 4.79 Å². The van der Waals surface area contributed by atoms with E-state index in [0.717, 1.165) is 18.3 Å². The van der Waals surface area contributed by atoms with E-state index in [-0.39, 0.29) is 0 Å². The van der Waals surface area contributed by atoms with Crippen LogP contribution in [0.1, 0.15) is 25.7 Å². The number of hydrogen-bond donors (Lipinski definition) is 0. The Morgan fingerprint density at radius 2 is 2.20 bits per heavy atom. The quantitative estimate of drug-likeness (QED) is 0.465. The van der Waals surface area contributed by atoms with Crippen LogP contribution in [0.3, 0.4) is 0 Å². The highest BCUT2D eigenvalue weighted by molar-refractivity contribution is 5.80. The third kappa shape index (κ3) is 1.13. The molecule has 0 aliphatic heterocycles. The molecule has 0 aromatic carbocycles. The first kappa shape index (κ1) is 6.14. The van der Waals surface area contributed by atoms with Crippen molar-refractivity contribution in [2.75, 3.05) is 0 Å². The molecule has 0 aromatic rings. The van der Waals surface area contributed by atoms with Gasteiger partial charge in [0.05, 0.1) is 0 Å². The minimum absolute atomic E-state index is 0.434. The van der Waals surface area contributed by atoms with E-state index >= 15 is 0 Å². The average Bonchev–Trinajstić information content (AvgIpc) is 2.54. The second kappa shape index (κ2) is 2.22. The van der Waals surface area contributed by atoms with E-state index in [9.17, 15) is 4.79 Å². The molecule has 0 saturated heterocycles. The van der Waals surface area contributed by atoms with Crippen molar-refractivity contribution in [3.05, 3.63) is 12.2 Å². The van der Waals surface area contributed by atoms with E-state index in [1.54, 1.807) is 0 Å². The zero-order valence-corrected chi connectivity index (χ0v) is 6.05. The predicted molar refractivity (Wildman–Crippen MR) is 39.6 cm³/mol. The van der Waals surface area contributed by atoms with Gasteiger partial charge >= 0.3 is 0 Å². The molecule has 0 heterocycles. The number of carbonyl (C=O) groups is 1. The maximum atomic E-state index is 11.0. The van der Waals surface area contributed by atoms with Crippen LogP contribution < -0.4 is 0 Å². The molecule has 1 fully saturated rings. The summed E-state index contributed by atoms with van der Waals surface area (Å²) in [4.78, 5) is 11.0. The summed E-state index contributed by atoms with van der Waals surface area (Å²) in [5, 5.41) is 0. The van der Waals surface area contributed by atoms with E-state index in [2.05, 4.69) is 6.08 Å². The van der Waals surface area contributed by atoms with E-state index in [4.69, 9.17) is 0 Å². The molecule has 0 N–H and O–H groups in total. The van der Waals surface area contributed by atoms with Gasteiger partial charge in [-0.2, -0.15) is 0 Å². The van der Waals surface area contributed by atoms with Crippen molar-refractivity contribution < 1.29 is 4.79 Å². The maximum Gasteiger partial charge on any atom is 0.136 e. The van der Waals surface area contributed by atoms with Crippen LogP contribution in [0.15, 0.2) is 12.2 Å². The molecule has 0 amide bonds. The fraction of sp³-hybridized carbons (Fsp3) is 0.667. The van der Waals surface area contributed by atoms with Crippen molar-refractivity contribution in [2.24, 2.45) is 11.8 Å². The summed E-state index contributed by atoms with van der Waals surface area (Å²) in [7, 11) is 0. The fourth-order valence-electron chi connectivity index (χ4n) is 1.71. The SMILES string of the molecule is O=C1C/C=C\CC2CC2C1. The van der Waals surface area contributed by atoms with Gasteiger partial charge in [0.15, 0.2) is 0 Å². The Morgan fingerprint density at radius 1 is 1.30 bits per heavy atom. The van der Waals surface area contributed by atoms with Crippen molar-refractivity contribution >= 4 is 5.78 Å². The zero-order valence-electron chi connectivity index (χ0n) is 6.05. The number of fused-ring (bicyclic) bond motifs is 1. The van der Waals surface area contributed by atoms with Crippen molar-refractivity contribution in [1.29, 1.82) is 0 Å². The second-order valence-corrected chi connectivity index (χ2v) is 3.41. The molecular formula is C9H12O. The van der Waals surface area contributed by atoms with Gasteiger partial charge in [-0.3, -0.25) is 4.79 Å². The van der Waals surface area contributed by atoms with Gasteiger partial charge in [0.25, 0.3) is 0 Å². The minimum atomic E-state index is 0.434. The van der Waals surface area contributed by atoms with Gasteiger partial charge in [0.1, 0.15) is 5.78 Å². The maximum absolute atomic E-state index is 11.0. The molecule has 1 nitrogen and oxygen atoms in total. The molecule has 0 spiro atoms. The van der Waals surface area contributed by atoms with Gasteiger partial charge in [-0.15, -0.1) is 0 Å². The third-order valence-electron chi connectivity index (χ3n) is 2.51. The standard InChI is InChI=1S/C9H12O/c10-9-4-2-1-3-7-5-8(7)6-9/h1-2,7-8H,3-6H2/b2-1-. The highest BCUT2D eigenvalue weighted by Crippen LogP contribution is 2.44. The van der Waals surface area contributed by atoms with E-state index < -0.39 is 0 Å². The molecule has 0 aromatic heterocycles. The number of ketones is 1. The normalized spacial score (nSPS) is 41.4. The Balaban J connectivity index is 2.03. The van der Waals surface area contributed by atoms with E-state index in [1.807, 2.05) is 6.08 Å². The lowest BCUT2D eigenvalue weighted by atomic mass is 10.1. The average molecular weight is 136 g/mol. The summed E-state index contributed by atoms with van der Waals surface area (Å²) in [5.41, 5.74) is 0. The van der Waals surface area contributed by atoms with Crippen LogP contribution in [-0.4, -0.2) is 5.78 Å². The Bertz CT molecular complexity index is 181. The molecule has 10 heavy (non-hydrogen) atoms. The number of rotatable bonds is 0. The van der Waals surface area contributed by atoms with Crippen LogP contribution in [0.2, 0.25) is 0 Å². The van der Waals surface area contributed by atoms with Gasteiger partial charge in [-0.1, -0.05) is 12.2 Å². The first-order valence-corrected chi connectivity index (χ1v) is 4.03. The van der Waals surface area contributed by atoms with Crippen molar-refractivity contribution in [2.45, 2.75) is 25.7 Å². The summed E-state index contributed by atoms with van der Waals surface area (Å²) >= 11 is 0. The minimum Gasteiger partial charge on any atom is -0.299 e. The molecule has 2 aliphatic rings. The lowest BCUT2D eigenvalue weighted by Gasteiger charge is -1.99. The van der Waals surface area contributed by atoms with Crippen molar-refractivity contribution in [1.82, 2.24) is 0 Å². The molecule has 0 bridgehead atoms. The van der Waals surface area contributed by atoms with Crippen LogP contribution in [0.5, 0.6) is 0 Å². The fourth-order valence-corrected chi connectivity index (χ4v) is 1.71. The molecule has 2 rings (SSSR count). The Labute approximate surface area is 61.1 Å². The lowest BCUT2D eigenvalue weighted by molar-refractivity contribution is -0.118. The third-order valence-corrected chi connectivity index (χ3v) is 2.51. The Morgan fingerprint density at radius 3 is 3.10 bits per heavy atom. The van der Waals surface area contributed by atoms with Gasteiger partial charge in [0.2, 0.25) is 0 Å². The van der Waals surface area contributed by atoms with E-state index in [1.165, 1.54) is 12.8 Å². The number of carbonyl (C=O) groups excluding carboxylic acids is 1. The number of hydrogen-bond acceptors (Lipinski definition) is 1. The predicted octanol–water partition coefficient (Wildman–Crippen LogP) is 1.93. The molecular weight excluding hydrogens is 124 g/mol. The highest BCUT2D eigenvalue weighted by Gasteiger charge is 2.37. The van der Waals surface area contributed by atoms with Gasteiger partial charge in [0, 0.05) is 12.8 Å². The van der Waals surface area contributed by atoms with Gasteiger partial charge in [-0.25, -0.2) is 0 Å². The number of Topliss-reactive ketones (excluding diaryl/α,β-unsaturated/α-hetero) is 1. The Kier molecular flexibility index (Phi) is 1.37. The van der Waals surface area contributed by atoms with Crippen molar-refractivity contribution in [3.8, 4) is 0 Å². The molecule has 1 heteroatoms. The summed E-state index contributed by atoms with van der Waals surface area (Å²) in [6.45, 7) is 0. The monoisotopic (exact) mass is 136 g/mol. The van der Waals surface area contributed by atoms with Crippen LogP contribution in [0.25, 0.3) is 0 Å². The second-order valence-electron chi connectivity index (χ2n) is 3.41. The first-order chi connectivity index (χ1) is 4.86. The van der Waals surface area contributed by atoms with Gasteiger partial charge < -0.3 is 0 Å². The summed E-state index contributed by atoms with van der Waals surface area (Å²) in [5.74, 6) is 2.06. The molecule has 2 unspecified atom stereocenters. The molecule has 0 radical (unpaired) electrons. The van der Waals surface area contributed by atoms with E-state index in [0.29, 0.717) is 12.2 Å². The largest absolute Gasteiger partial charge is 0.299 e. The molecule has 2 aliphatic carbocycles. The van der Waals surface area contributed by atoms with Crippen LogP contribution in [0.4, 0.5) is 0 Å². The first-order valence-electron chi connectivity index (χ1n) is 4.03. The summed E-state index contributed by atoms with van der Waals surface area (Å²) in [6.07, 6.45) is 8.25. The van der Waals surface area contributed by atoms with Gasteiger partial charge in [-0.05, 0) is 24.7 Å². The Hall–Kier alpha value is -0.590. The highest BCUT2D eigenvalue weighted by atomic mass is 16.1. The molecule has 2 atom stereocenters. The molecule has 54 valence electrons. The lowest BCUT2D eigenvalue weighted by Crippen LogP contribution is -1.99. The van der Waals surface area contributed by atoms with Crippen LogP contribution >= 0.6 is 0 Å². The smallest absolute Gasteiger partial charge is 0.136 e. The summed E-state index contributed by atoms with van der Waals surface area (Å²) in [6, 6.07) is 0.